The number of hydrogen-bond donors (Lipinski definition) is 1. The van der Waals surface area contributed by atoms with Crippen molar-refractivity contribution in [2.75, 3.05) is 6.61 Å². The van der Waals surface area contributed by atoms with Crippen molar-refractivity contribution in [3.8, 4) is 12.3 Å². The van der Waals surface area contributed by atoms with Crippen LogP contribution in [-0.2, 0) is 18.0 Å². The molecule has 0 aromatic heterocycles. The Morgan fingerprint density at radius 1 is 1.60 bits per heavy atom. The first kappa shape index (κ1) is 9.90. The molecule has 2 unspecified atom stereocenters. The average molecular weight is 184 g/mol. The van der Waals surface area contributed by atoms with Crippen molar-refractivity contribution in [3.63, 3.8) is 0 Å². The summed E-state index contributed by atoms with van der Waals surface area (Å²) in [5, 5.41) is 0. The van der Waals surface area contributed by atoms with Crippen LogP contribution in [0.5, 0.6) is 0 Å². The van der Waals surface area contributed by atoms with Crippen LogP contribution in [0, 0.1) is 12.3 Å². The van der Waals surface area contributed by atoms with Crippen LogP contribution in [0.15, 0.2) is 0 Å². The van der Waals surface area contributed by atoms with Crippen LogP contribution in [0.2, 0.25) is 0 Å². The third-order valence-corrected chi connectivity index (χ3v) is 2.19. The summed E-state index contributed by atoms with van der Waals surface area (Å²) in [5.41, 5.74) is 0. The number of terminal acetylenes is 1. The van der Waals surface area contributed by atoms with Gasteiger partial charge in [0.1, 0.15) is 6.61 Å². The highest BCUT2D eigenvalue weighted by Gasteiger charge is 2.00. The van der Waals surface area contributed by atoms with Gasteiger partial charge in [-0.25, -0.2) is 4.31 Å². The monoisotopic (exact) mass is 184 g/mol. The molecule has 0 rings (SSSR count). The molecule has 0 radical (unpaired) electrons. The average Bonchev–Trinajstić information content (AvgIpc) is 1.82. The van der Waals surface area contributed by atoms with E-state index in [9.17, 15) is 9.13 Å². The van der Waals surface area contributed by atoms with Crippen molar-refractivity contribution < 1.29 is 22.9 Å². The van der Waals surface area contributed by atoms with E-state index >= 15 is 0 Å². The van der Waals surface area contributed by atoms with Crippen molar-refractivity contribution in [2.45, 2.75) is 0 Å². The first-order chi connectivity index (χ1) is 4.66. The van der Waals surface area contributed by atoms with Crippen molar-refractivity contribution in [3.05, 3.63) is 0 Å². The Balaban J connectivity index is 3.47. The van der Waals surface area contributed by atoms with Gasteiger partial charge in [0.15, 0.2) is 0 Å². The lowest BCUT2D eigenvalue weighted by Gasteiger charge is -1.96. The second kappa shape index (κ2) is 5.67. The molecule has 0 saturated carbocycles. The molecule has 0 spiro atoms. The minimum atomic E-state index is -3.17. The minimum Gasteiger partial charge on any atom is -0.326 e. The molecule has 7 heteroatoms. The molecule has 0 aliphatic rings. The standard InChI is InChI=1S/C3H6O5P2/c1-2-3-7-10(6)8-9(4)5/h1,9-10H,3H2,(H,4,5). The first-order valence-corrected chi connectivity index (χ1v) is 4.66. The highest BCUT2D eigenvalue weighted by Crippen LogP contribution is 2.35. The van der Waals surface area contributed by atoms with Crippen LogP contribution in [-0.4, -0.2) is 11.5 Å². The van der Waals surface area contributed by atoms with Gasteiger partial charge in [-0.05, 0) is 0 Å². The van der Waals surface area contributed by atoms with Crippen LogP contribution in [0.4, 0.5) is 0 Å². The molecule has 0 fully saturated rings. The van der Waals surface area contributed by atoms with Crippen LogP contribution in [0.1, 0.15) is 0 Å². The molecule has 1 N–H and O–H groups in total. The van der Waals surface area contributed by atoms with E-state index in [2.05, 4.69) is 8.83 Å². The van der Waals surface area contributed by atoms with Gasteiger partial charge in [-0.15, -0.1) is 6.42 Å². The van der Waals surface area contributed by atoms with E-state index < -0.39 is 16.5 Å². The summed E-state index contributed by atoms with van der Waals surface area (Å²) >= 11 is 0. The molecular formula is C3H6O5P2. The highest BCUT2D eigenvalue weighted by atomic mass is 31.2. The van der Waals surface area contributed by atoms with E-state index in [0.29, 0.717) is 0 Å². The predicted octanol–water partition coefficient (Wildman–Crippen LogP) is 0.424. The lowest BCUT2D eigenvalue weighted by atomic mass is 10.8. The molecule has 0 aliphatic carbocycles. The summed E-state index contributed by atoms with van der Waals surface area (Å²) in [7, 11) is -6.04. The third-order valence-electron chi connectivity index (χ3n) is 0.444. The molecular weight excluding hydrogens is 178 g/mol. The van der Waals surface area contributed by atoms with Crippen LogP contribution in [0.3, 0.4) is 0 Å². The van der Waals surface area contributed by atoms with E-state index in [0.717, 1.165) is 0 Å². The zero-order valence-corrected chi connectivity index (χ0v) is 6.86. The summed E-state index contributed by atoms with van der Waals surface area (Å²) in [6.45, 7) is -0.188. The van der Waals surface area contributed by atoms with E-state index in [4.69, 9.17) is 11.3 Å². The molecule has 5 nitrogen and oxygen atoms in total. The molecule has 10 heavy (non-hydrogen) atoms. The Kier molecular flexibility index (Phi) is 5.61. The highest BCUT2D eigenvalue weighted by molar-refractivity contribution is 7.47. The summed E-state index contributed by atoms with van der Waals surface area (Å²) in [6.07, 6.45) is 4.72. The molecule has 0 bridgehead atoms. The Bertz CT molecular complexity index is 182. The van der Waals surface area contributed by atoms with Gasteiger partial charge in [-0.1, -0.05) is 5.92 Å². The van der Waals surface area contributed by atoms with Crippen LogP contribution >= 0.6 is 16.5 Å². The summed E-state index contributed by atoms with van der Waals surface area (Å²) in [5.74, 6) is 2.02. The number of hydrogen-bond acceptors (Lipinski definition) is 4. The second-order valence-electron chi connectivity index (χ2n) is 1.11. The maximum atomic E-state index is 10.3. The van der Waals surface area contributed by atoms with Gasteiger partial charge in [0, 0.05) is 0 Å². The molecule has 0 amide bonds. The van der Waals surface area contributed by atoms with Gasteiger partial charge < -0.3 is 4.89 Å². The Labute approximate surface area is 59.2 Å². The zero-order valence-electron chi connectivity index (χ0n) is 4.86. The molecule has 0 heterocycles. The largest absolute Gasteiger partial charge is 0.327 e. The fourth-order valence-electron chi connectivity index (χ4n) is 0.201. The SMILES string of the molecule is C#CCO[PH](=O)O[PH](=O)O. The molecule has 58 valence electrons. The molecule has 0 aromatic carbocycles. The quantitative estimate of drug-likeness (QED) is 0.506. The summed E-state index contributed by atoms with van der Waals surface area (Å²) < 4.78 is 28.3. The Morgan fingerprint density at radius 3 is 2.60 bits per heavy atom. The van der Waals surface area contributed by atoms with Crippen LogP contribution < -0.4 is 0 Å². The minimum absolute atomic E-state index is 0.188. The summed E-state index contributed by atoms with van der Waals surface area (Å²) in [6, 6.07) is 0. The van der Waals surface area contributed by atoms with E-state index in [1.165, 1.54) is 0 Å². The van der Waals surface area contributed by atoms with Crippen molar-refractivity contribution in [2.24, 2.45) is 0 Å². The topological polar surface area (TPSA) is 72.8 Å². The van der Waals surface area contributed by atoms with Gasteiger partial charge >= 0.3 is 16.5 Å². The van der Waals surface area contributed by atoms with Gasteiger partial charge in [0.2, 0.25) is 0 Å². The first-order valence-electron chi connectivity index (χ1n) is 2.18. The van der Waals surface area contributed by atoms with E-state index in [1.54, 1.807) is 0 Å². The van der Waals surface area contributed by atoms with Gasteiger partial charge in [0.25, 0.3) is 0 Å². The normalized spacial score (nSPS) is 15.6. The van der Waals surface area contributed by atoms with E-state index in [-0.39, 0.29) is 6.61 Å². The molecule has 2 atom stereocenters. The number of rotatable bonds is 4. The fraction of sp³-hybridized carbons (Fsp3) is 0.333. The molecule has 0 saturated heterocycles. The van der Waals surface area contributed by atoms with Crippen LogP contribution in [0.25, 0.3) is 0 Å². The summed E-state index contributed by atoms with van der Waals surface area (Å²) in [4.78, 5) is 8.04. The second-order valence-corrected chi connectivity index (χ2v) is 3.25. The van der Waals surface area contributed by atoms with E-state index in [1.807, 2.05) is 5.92 Å². The van der Waals surface area contributed by atoms with Crippen molar-refractivity contribution in [1.29, 1.82) is 0 Å². The fourth-order valence-corrected chi connectivity index (χ4v) is 1.21. The van der Waals surface area contributed by atoms with Crippen molar-refractivity contribution >= 4 is 16.5 Å². The lowest BCUT2D eigenvalue weighted by molar-refractivity contribution is 0.311. The van der Waals surface area contributed by atoms with Gasteiger partial charge in [-0.2, -0.15) is 0 Å². The van der Waals surface area contributed by atoms with Gasteiger partial charge in [0.05, 0.1) is 0 Å². The lowest BCUT2D eigenvalue weighted by Crippen LogP contribution is -1.79. The maximum absolute atomic E-state index is 10.3. The Morgan fingerprint density at radius 2 is 2.20 bits per heavy atom. The smallest absolute Gasteiger partial charge is 0.326 e. The molecule has 0 aliphatic heterocycles. The predicted molar refractivity (Wildman–Crippen MR) is 36.1 cm³/mol. The Hall–Kier alpha value is -0.100. The maximum Gasteiger partial charge on any atom is 0.327 e. The zero-order chi connectivity index (χ0) is 7.98. The molecule has 0 aromatic rings. The van der Waals surface area contributed by atoms with Crippen molar-refractivity contribution in [1.82, 2.24) is 0 Å². The van der Waals surface area contributed by atoms with Gasteiger partial charge in [-0.3, -0.25) is 13.7 Å². The third kappa shape index (κ3) is 6.03.